The number of fused-ring (bicyclic) bond motifs is 3. The van der Waals surface area contributed by atoms with Gasteiger partial charge in [-0.05, 0) is 51.0 Å². The first-order chi connectivity index (χ1) is 18.2. The number of amides is 1. The van der Waals surface area contributed by atoms with Crippen molar-refractivity contribution in [2.24, 2.45) is 7.05 Å². The molecule has 0 unspecified atom stereocenters. The van der Waals surface area contributed by atoms with Gasteiger partial charge in [-0.1, -0.05) is 12.1 Å². The van der Waals surface area contributed by atoms with E-state index < -0.39 is 5.60 Å². The van der Waals surface area contributed by atoms with Gasteiger partial charge in [0.1, 0.15) is 11.7 Å². The van der Waals surface area contributed by atoms with Crippen molar-refractivity contribution in [1.29, 1.82) is 0 Å². The van der Waals surface area contributed by atoms with Crippen molar-refractivity contribution >= 4 is 27.9 Å². The van der Waals surface area contributed by atoms with E-state index >= 15 is 0 Å². The Bertz CT molecular complexity index is 1420. The first kappa shape index (κ1) is 26.0. The third-order valence-corrected chi connectivity index (χ3v) is 6.91. The van der Waals surface area contributed by atoms with Gasteiger partial charge in [0.25, 0.3) is 0 Å². The van der Waals surface area contributed by atoms with Gasteiger partial charge in [0, 0.05) is 86.6 Å². The van der Waals surface area contributed by atoms with E-state index in [0.717, 1.165) is 35.8 Å². The highest BCUT2D eigenvalue weighted by atomic mass is 16.6. The normalized spacial score (nSPS) is 17.4. The van der Waals surface area contributed by atoms with E-state index in [9.17, 15) is 4.79 Å². The Kier molecular flexibility index (Phi) is 7.25. The highest BCUT2D eigenvalue weighted by molar-refractivity contribution is 6.08. The van der Waals surface area contributed by atoms with Crippen LogP contribution in [0.25, 0.3) is 32.9 Å². The fraction of sp³-hybridized carbons (Fsp3) is 0.433. The zero-order valence-corrected chi connectivity index (χ0v) is 22.8. The summed E-state index contributed by atoms with van der Waals surface area (Å²) in [5.41, 5.74) is 4.02. The van der Waals surface area contributed by atoms with Crippen molar-refractivity contribution in [3.8, 4) is 17.0 Å². The topological polar surface area (TPSA) is 78.7 Å². The molecule has 1 aliphatic carbocycles. The van der Waals surface area contributed by atoms with Crippen LogP contribution in [0.2, 0.25) is 0 Å². The van der Waals surface area contributed by atoms with Crippen LogP contribution in [-0.2, 0) is 16.5 Å². The Hall–Kier alpha value is -3.65. The second-order valence-corrected chi connectivity index (χ2v) is 11.0. The third kappa shape index (κ3) is 5.75. The smallest absolute Gasteiger partial charge is 0.410 e. The molecule has 0 atom stereocenters. The number of nitrogens with zero attached hydrogens (tertiary/aromatic N) is 4. The summed E-state index contributed by atoms with van der Waals surface area (Å²) in [5.74, 6) is 0.632. The highest BCUT2D eigenvalue weighted by Gasteiger charge is 2.32. The van der Waals surface area contributed by atoms with Gasteiger partial charge >= 0.3 is 6.09 Å². The number of pyridine rings is 2. The number of benzene rings is 1. The molecule has 0 aliphatic heterocycles. The first-order valence-electron chi connectivity index (χ1n) is 13.2. The predicted molar refractivity (Wildman–Crippen MR) is 148 cm³/mol. The molecule has 8 heteroatoms. The van der Waals surface area contributed by atoms with Crippen LogP contribution >= 0.6 is 0 Å². The summed E-state index contributed by atoms with van der Waals surface area (Å²) in [7, 11) is 3.83. The summed E-state index contributed by atoms with van der Waals surface area (Å²) in [4.78, 5) is 22.4. The number of hydrogen-bond acceptors (Lipinski definition) is 6. The van der Waals surface area contributed by atoms with E-state index in [0.29, 0.717) is 19.0 Å². The first-order valence-corrected chi connectivity index (χ1v) is 13.2. The van der Waals surface area contributed by atoms with Crippen LogP contribution < -0.4 is 4.74 Å². The fourth-order valence-electron chi connectivity index (χ4n) is 4.76. The Morgan fingerprint density at radius 1 is 1.03 bits per heavy atom. The fourth-order valence-corrected chi connectivity index (χ4v) is 4.76. The molecule has 3 aromatic heterocycles. The summed E-state index contributed by atoms with van der Waals surface area (Å²) in [6.07, 6.45) is 8.07. The number of rotatable bonds is 8. The number of carbonyl (C=O) groups excluding carboxylic acids is 1. The quantitative estimate of drug-likeness (QED) is 0.269. The standard InChI is InChI=1S/C30H36N4O4/c1-30(2,3)38-29(35)33(4)13-6-14-36-22-16-23(17-22)37-28-10-8-21(18-32-28)20-7-9-24-25-19-31-12-11-26(25)34(5)27(24)15-20/h7-12,15,18-19,22-23H,6,13-14,16-17H2,1-5H3/t22-,23-. The Morgan fingerprint density at radius 3 is 2.55 bits per heavy atom. The van der Waals surface area contributed by atoms with E-state index in [2.05, 4.69) is 45.8 Å². The maximum absolute atomic E-state index is 12.0. The van der Waals surface area contributed by atoms with Gasteiger partial charge in [0.05, 0.1) is 11.6 Å². The molecule has 1 aliphatic rings. The SMILES string of the molecule is CN(CCCO[C@H]1C[C@H](Oc2ccc(-c3ccc4c5cnccc5n(C)c4c3)cn2)C1)C(=O)OC(C)(C)C. The van der Waals surface area contributed by atoms with Crippen molar-refractivity contribution < 1.29 is 19.0 Å². The van der Waals surface area contributed by atoms with Crippen LogP contribution in [0.1, 0.15) is 40.0 Å². The van der Waals surface area contributed by atoms with Gasteiger partial charge in [-0.15, -0.1) is 0 Å². The average molecular weight is 517 g/mol. The largest absolute Gasteiger partial charge is 0.474 e. The van der Waals surface area contributed by atoms with Crippen LogP contribution in [0, 0.1) is 0 Å². The summed E-state index contributed by atoms with van der Waals surface area (Å²) in [6, 6.07) is 12.5. The maximum Gasteiger partial charge on any atom is 0.410 e. The lowest BCUT2D eigenvalue weighted by molar-refractivity contribution is -0.0634. The van der Waals surface area contributed by atoms with Gasteiger partial charge in [-0.25, -0.2) is 9.78 Å². The minimum Gasteiger partial charge on any atom is -0.474 e. The van der Waals surface area contributed by atoms with E-state index in [1.54, 1.807) is 11.9 Å². The third-order valence-electron chi connectivity index (χ3n) is 6.91. The Labute approximate surface area is 223 Å². The second kappa shape index (κ2) is 10.6. The predicted octanol–water partition coefficient (Wildman–Crippen LogP) is 5.97. The van der Waals surface area contributed by atoms with Crippen LogP contribution in [0.5, 0.6) is 5.88 Å². The van der Waals surface area contributed by atoms with Crippen molar-refractivity contribution in [3.05, 3.63) is 55.0 Å². The zero-order chi connectivity index (χ0) is 26.9. The molecular weight excluding hydrogens is 480 g/mol. The van der Waals surface area contributed by atoms with Gasteiger partial charge < -0.3 is 23.7 Å². The molecule has 5 rings (SSSR count). The van der Waals surface area contributed by atoms with Gasteiger partial charge in [-0.3, -0.25) is 4.98 Å². The monoisotopic (exact) mass is 516 g/mol. The van der Waals surface area contributed by atoms with E-state index in [1.165, 1.54) is 16.4 Å². The molecule has 0 saturated heterocycles. The van der Waals surface area contributed by atoms with E-state index in [1.807, 2.05) is 51.5 Å². The number of aryl methyl sites for hydroxylation is 1. The van der Waals surface area contributed by atoms with Gasteiger partial charge in [0.2, 0.25) is 5.88 Å². The van der Waals surface area contributed by atoms with Crippen LogP contribution in [0.4, 0.5) is 4.79 Å². The molecule has 1 saturated carbocycles. The highest BCUT2D eigenvalue weighted by Crippen LogP contribution is 2.32. The molecule has 1 fully saturated rings. The number of ether oxygens (including phenoxy) is 3. The summed E-state index contributed by atoms with van der Waals surface area (Å²) < 4.78 is 19.6. The second-order valence-electron chi connectivity index (χ2n) is 11.0. The van der Waals surface area contributed by atoms with Crippen molar-refractivity contribution in [3.63, 3.8) is 0 Å². The van der Waals surface area contributed by atoms with Gasteiger partial charge in [0.15, 0.2) is 0 Å². The Morgan fingerprint density at radius 2 is 1.82 bits per heavy atom. The molecule has 0 spiro atoms. The van der Waals surface area contributed by atoms with Crippen LogP contribution in [0.3, 0.4) is 0 Å². The molecule has 0 bridgehead atoms. The average Bonchev–Trinajstić information content (AvgIpc) is 3.15. The zero-order valence-electron chi connectivity index (χ0n) is 22.8. The molecular formula is C30H36N4O4. The Balaban J connectivity index is 1.08. The molecule has 0 radical (unpaired) electrons. The summed E-state index contributed by atoms with van der Waals surface area (Å²) in [6.45, 7) is 6.81. The lowest BCUT2D eigenvalue weighted by Crippen LogP contribution is -2.40. The van der Waals surface area contributed by atoms with Crippen molar-refractivity contribution in [1.82, 2.24) is 19.4 Å². The summed E-state index contributed by atoms with van der Waals surface area (Å²) >= 11 is 0. The van der Waals surface area contributed by atoms with Crippen molar-refractivity contribution in [2.45, 2.75) is 57.8 Å². The molecule has 1 amide bonds. The molecule has 0 N–H and O–H groups in total. The molecule has 8 nitrogen and oxygen atoms in total. The van der Waals surface area contributed by atoms with Crippen LogP contribution in [-0.4, -0.2) is 63.5 Å². The summed E-state index contributed by atoms with van der Waals surface area (Å²) in [5, 5.41) is 2.36. The molecule has 38 heavy (non-hydrogen) atoms. The van der Waals surface area contributed by atoms with E-state index in [-0.39, 0.29) is 18.3 Å². The molecule has 200 valence electrons. The van der Waals surface area contributed by atoms with Crippen LogP contribution in [0.15, 0.2) is 55.0 Å². The minimum atomic E-state index is -0.484. The van der Waals surface area contributed by atoms with Crippen molar-refractivity contribution in [2.75, 3.05) is 20.2 Å². The number of carbonyl (C=O) groups is 1. The van der Waals surface area contributed by atoms with Gasteiger partial charge in [-0.2, -0.15) is 0 Å². The lowest BCUT2D eigenvalue weighted by Gasteiger charge is -2.34. The molecule has 1 aromatic carbocycles. The number of aromatic nitrogens is 3. The maximum atomic E-state index is 12.0. The minimum absolute atomic E-state index is 0.114. The van der Waals surface area contributed by atoms with E-state index in [4.69, 9.17) is 14.2 Å². The molecule has 3 heterocycles. The lowest BCUT2D eigenvalue weighted by atomic mass is 9.92. The molecule has 4 aromatic rings. The number of hydrogen-bond donors (Lipinski definition) is 0.